The fourth-order valence-electron chi connectivity index (χ4n) is 2.37. The van der Waals surface area contributed by atoms with Crippen LogP contribution in [0.4, 0.5) is 5.69 Å². The maximum Gasteiger partial charge on any atom is 0.280 e. The Hall–Kier alpha value is -2.67. The number of thiophene rings is 1. The Bertz CT molecular complexity index is 794. The highest BCUT2D eigenvalue weighted by Gasteiger charge is 2.47. The van der Waals surface area contributed by atoms with Crippen molar-refractivity contribution in [1.29, 1.82) is 0 Å². The van der Waals surface area contributed by atoms with Crippen molar-refractivity contribution >= 4 is 34.4 Å². The molecule has 104 valence electrons. The first-order valence-corrected chi connectivity index (χ1v) is 6.84. The van der Waals surface area contributed by atoms with E-state index in [4.69, 9.17) is 0 Å². The molecule has 1 aromatic carbocycles. The Balaban J connectivity index is 2.11. The van der Waals surface area contributed by atoms with Gasteiger partial charge in [-0.1, -0.05) is 18.2 Å². The first-order chi connectivity index (χ1) is 10.0. The molecular weight excluding hydrogens is 294 g/mol. The van der Waals surface area contributed by atoms with Crippen LogP contribution >= 0.6 is 11.3 Å². The Morgan fingerprint density at radius 3 is 2.52 bits per heavy atom. The third-order valence-electron chi connectivity index (χ3n) is 3.30. The minimum atomic E-state index is -1.50. The van der Waals surface area contributed by atoms with Gasteiger partial charge in [0.25, 0.3) is 5.69 Å². The average Bonchev–Trinajstić information content (AvgIpc) is 3.07. The van der Waals surface area contributed by atoms with E-state index in [1.54, 1.807) is 11.4 Å². The number of fused-ring (bicyclic) bond motifs is 1. The molecule has 0 bridgehead atoms. The van der Waals surface area contributed by atoms with Crippen LogP contribution in [-0.4, -0.2) is 22.3 Å². The Kier molecular flexibility index (Phi) is 2.99. The summed E-state index contributed by atoms with van der Waals surface area (Å²) >= 11 is 1.12. The lowest BCUT2D eigenvalue weighted by atomic mass is 9.97. The number of nitro groups is 1. The molecule has 0 spiro atoms. The quantitative estimate of drug-likeness (QED) is 0.376. The summed E-state index contributed by atoms with van der Waals surface area (Å²) in [5, 5.41) is 12.6. The van der Waals surface area contributed by atoms with Gasteiger partial charge in [0, 0.05) is 11.6 Å². The maximum absolute atomic E-state index is 12.3. The van der Waals surface area contributed by atoms with Crippen molar-refractivity contribution in [3.63, 3.8) is 0 Å². The number of nitrogens with zero attached hydrogens (tertiary/aromatic N) is 1. The first kappa shape index (κ1) is 13.3. The molecule has 1 aromatic heterocycles. The standard InChI is InChI=1S/C14H7NO5S/c16-12-7-3-1-4-8(15(19)20)10(7)14(18)11(12)13(17)9-5-2-6-21-9/h1-6,11H. The minimum absolute atomic E-state index is 0.0518. The van der Waals surface area contributed by atoms with Crippen molar-refractivity contribution in [2.24, 2.45) is 5.92 Å². The van der Waals surface area contributed by atoms with Gasteiger partial charge in [-0.25, -0.2) is 0 Å². The van der Waals surface area contributed by atoms with Crippen molar-refractivity contribution in [2.45, 2.75) is 0 Å². The van der Waals surface area contributed by atoms with E-state index in [1.165, 1.54) is 18.2 Å². The van der Waals surface area contributed by atoms with E-state index in [2.05, 4.69) is 0 Å². The third kappa shape index (κ3) is 1.90. The van der Waals surface area contributed by atoms with Crippen LogP contribution in [0.3, 0.4) is 0 Å². The maximum atomic E-state index is 12.3. The summed E-state index contributed by atoms with van der Waals surface area (Å²) in [7, 11) is 0. The van der Waals surface area contributed by atoms with Gasteiger partial charge >= 0.3 is 0 Å². The Morgan fingerprint density at radius 2 is 1.90 bits per heavy atom. The van der Waals surface area contributed by atoms with E-state index in [0.717, 1.165) is 17.4 Å². The van der Waals surface area contributed by atoms with Gasteiger partial charge in [0.2, 0.25) is 0 Å². The van der Waals surface area contributed by atoms with Crippen LogP contribution in [0.2, 0.25) is 0 Å². The number of carbonyl (C=O) groups is 3. The van der Waals surface area contributed by atoms with Crippen LogP contribution in [0, 0.1) is 16.0 Å². The molecule has 0 fully saturated rings. The minimum Gasteiger partial charge on any atom is -0.293 e. The van der Waals surface area contributed by atoms with Crippen molar-refractivity contribution in [3.05, 3.63) is 61.8 Å². The first-order valence-electron chi connectivity index (χ1n) is 5.96. The molecule has 1 aliphatic carbocycles. The average molecular weight is 301 g/mol. The van der Waals surface area contributed by atoms with Crippen molar-refractivity contribution < 1.29 is 19.3 Å². The summed E-state index contributed by atoms with van der Waals surface area (Å²) in [6, 6.07) is 6.98. The van der Waals surface area contributed by atoms with Crippen molar-refractivity contribution in [2.75, 3.05) is 0 Å². The highest BCUT2D eigenvalue weighted by Crippen LogP contribution is 2.35. The fourth-order valence-corrected chi connectivity index (χ4v) is 3.07. The predicted octanol–water partition coefficient (Wildman–Crippen LogP) is 2.53. The topological polar surface area (TPSA) is 94.3 Å². The zero-order valence-electron chi connectivity index (χ0n) is 10.4. The van der Waals surface area contributed by atoms with Crippen LogP contribution in [0.25, 0.3) is 0 Å². The predicted molar refractivity (Wildman–Crippen MR) is 73.9 cm³/mol. The molecule has 21 heavy (non-hydrogen) atoms. The summed E-state index contributed by atoms with van der Waals surface area (Å²) in [6.45, 7) is 0. The lowest BCUT2D eigenvalue weighted by Gasteiger charge is -2.03. The zero-order valence-corrected chi connectivity index (χ0v) is 11.3. The van der Waals surface area contributed by atoms with E-state index < -0.39 is 33.9 Å². The van der Waals surface area contributed by atoms with Gasteiger partial charge < -0.3 is 0 Å². The molecule has 1 unspecified atom stereocenters. The molecule has 1 aliphatic rings. The van der Waals surface area contributed by atoms with Gasteiger partial charge in [-0.15, -0.1) is 11.3 Å². The molecule has 0 saturated heterocycles. The molecule has 7 heteroatoms. The van der Waals surface area contributed by atoms with Crippen LogP contribution in [0.1, 0.15) is 30.4 Å². The highest BCUT2D eigenvalue weighted by molar-refractivity contribution is 7.12. The van der Waals surface area contributed by atoms with Crippen LogP contribution in [0.15, 0.2) is 35.7 Å². The van der Waals surface area contributed by atoms with E-state index in [-0.39, 0.29) is 16.0 Å². The zero-order chi connectivity index (χ0) is 15.1. The summed E-state index contributed by atoms with van der Waals surface area (Å²) in [6.07, 6.45) is 0. The van der Waals surface area contributed by atoms with E-state index in [0.29, 0.717) is 0 Å². The number of carbonyl (C=O) groups excluding carboxylic acids is 3. The second kappa shape index (κ2) is 4.71. The number of nitro benzene ring substituents is 1. The molecule has 0 amide bonds. The van der Waals surface area contributed by atoms with Crippen LogP contribution in [-0.2, 0) is 0 Å². The highest BCUT2D eigenvalue weighted by atomic mass is 32.1. The molecule has 1 heterocycles. The monoisotopic (exact) mass is 301 g/mol. The van der Waals surface area contributed by atoms with Gasteiger partial charge in [-0.05, 0) is 11.4 Å². The number of Topliss-reactive ketones (excluding diaryl/α,β-unsaturated/α-hetero) is 3. The number of hydrogen-bond acceptors (Lipinski definition) is 6. The SMILES string of the molecule is O=C(c1cccs1)C1C(=O)c2cccc([N+](=O)[O-])c2C1=O. The summed E-state index contributed by atoms with van der Waals surface area (Å²) in [5.74, 6) is -3.57. The molecule has 6 nitrogen and oxygen atoms in total. The van der Waals surface area contributed by atoms with Gasteiger partial charge in [-0.3, -0.25) is 24.5 Å². The van der Waals surface area contributed by atoms with Gasteiger partial charge in [0.1, 0.15) is 11.5 Å². The second-order valence-electron chi connectivity index (χ2n) is 4.46. The molecule has 2 aromatic rings. The van der Waals surface area contributed by atoms with E-state index in [1.807, 2.05) is 0 Å². The lowest BCUT2D eigenvalue weighted by Crippen LogP contribution is -2.25. The number of hydrogen-bond donors (Lipinski definition) is 0. The second-order valence-corrected chi connectivity index (χ2v) is 5.41. The van der Waals surface area contributed by atoms with E-state index in [9.17, 15) is 24.5 Å². The summed E-state index contributed by atoms with van der Waals surface area (Å²) in [4.78, 5) is 47.4. The molecule has 1 atom stereocenters. The molecule has 0 N–H and O–H groups in total. The normalized spacial score (nSPS) is 16.9. The van der Waals surface area contributed by atoms with Gasteiger partial charge in [0.05, 0.1) is 9.80 Å². The molecule has 0 radical (unpaired) electrons. The van der Waals surface area contributed by atoms with Crippen molar-refractivity contribution in [3.8, 4) is 0 Å². The molecular formula is C14H7NO5S. The van der Waals surface area contributed by atoms with Crippen LogP contribution in [0.5, 0.6) is 0 Å². The number of benzene rings is 1. The largest absolute Gasteiger partial charge is 0.293 e. The molecule has 0 aliphatic heterocycles. The molecule has 3 rings (SSSR count). The Labute approximate surface area is 122 Å². The van der Waals surface area contributed by atoms with E-state index >= 15 is 0 Å². The lowest BCUT2D eigenvalue weighted by molar-refractivity contribution is -0.385. The smallest absolute Gasteiger partial charge is 0.280 e. The fraction of sp³-hybridized carbons (Fsp3) is 0.0714. The van der Waals surface area contributed by atoms with Gasteiger partial charge in [0.15, 0.2) is 17.3 Å². The number of rotatable bonds is 3. The summed E-state index contributed by atoms with van der Waals surface area (Å²) < 4.78 is 0. The third-order valence-corrected chi connectivity index (χ3v) is 4.19. The van der Waals surface area contributed by atoms with Crippen molar-refractivity contribution in [1.82, 2.24) is 0 Å². The van der Waals surface area contributed by atoms with Gasteiger partial charge in [-0.2, -0.15) is 0 Å². The number of ketones is 3. The van der Waals surface area contributed by atoms with Crippen LogP contribution < -0.4 is 0 Å². The Morgan fingerprint density at radius 1 is 1.14 bits per heavy atom. The summed E-state index contributed by atoms with van der Waals surface area (Å²) in [5.41, 5.74) is -0.751. The molecule has 0 saturated carbocycles.